The van der Waals surface area contributed by atoms with E-state index in [1.165, 1.54) is 4.90 Å². The molecule has 0 radical (unpaired) electrons. The average Bonchev–Trinajstić information content (AvgIpc) is 3.09. The number of amides is 2. The van der Waals surface area contributed by atoms with E-state index in [4.69, 9.17) is 16.3 Å². The summed E-state index contributed by atoms with van der Waals surface area (Å²) < 4.78 is 5.18. The number of benzene rings is 2. The number of nitrogens with zero attached hydrogens (tertiary/aromatic N) is 2. The highest BCUT2D eigenvalue weighted by atomic mass is 35.5. The molecule has 0 spiro atoms. The van der Waals surface area contributed by atoms with Crippen molar-refractivity contribution in [2.75, 3.05) is 20.2 Å². The molecule has 1 heterocycles. The van der Waals surface area contributed by atoms with E-state index >= 15 is 0 Å². The normalized spacial score (nSPS) is 16.0. The average molecular weight is 415 g/mol. The number of hydrogen-bond donors (Lipinski definition) is 0. The van der Waals surface area contributed by atoms with Gasteiger partial charge in [-0.2, -0.15) is 0 Å². The van der Waals surface area contributed by atoms with Gasteiger partial charge in [-0.3, -0.25) is 14.4 Å². The zero-order valence-corrected chi connectivity index (χ0v) is 17.0. The zero-order valence-electron chi connectivity index (χ0n) is 16.2. The highest BCUT2D eigenvalue weighted by Gasteiger charge is 2.35. The van der Waals surface area contributed by atoms with Crippen LogP contribution in [0.3, 0.4) is 0 Å². The van der Waals surface area contributed by atoms with E-state index in [-0.39, 0.29) is 31.4 Å². The van der Waals surface area contributed by atoms with Crippen molar-refractivity contribution in [3.05, 3.63) is 70.7 Å². The molecule has 2 aromatic carbocycles. The number of rotatable bonds is 7. The Morgan fingerprint density at radius 3 is 2.55 bits per heavy atom. The molecule has 1 aliphatic heterocycles. The topological polar surface area (TPSA) is 66.9 Å². The van der Waals surface area contributed by atoms with Crippen LogP contribution in [0.4, 0.5) is 0 Å². The van der Waals surface area contributed by atoms with Crippen LogP contribution >= 0.6 is 11.6 Å². The first kappa shape index (κ1) is 20.9. The maximum atomic E-state index is 12.3. The van der Waals surface area contributed by atoms with Gasteiger partial charge in [-0.1, -0.05) is 60.1 Å². The zero-order chi connectivity index (χ0) is 20.8. The summed E-state index contributed by atoms with van der Waals surface area (Å²) in [5.74, 6) is -1.52. The molecular formula is C22H23ClN2O4. The molecule has 2 aromatic rings. The fraction of sp³-hybridized carbons (Fsp3) is 0.318. The molecule has 7 heteroatoms. The monoisotopic (exact) mass is 414 g/mol. The van der Waals surface area contributed by atoms with E-state index in [2.05, 4.69) is 0 Å². The van der Waals surface area contributed by atoms with Gasteiger partial charge in [0.1, 0.15) is 0 Å². The van der Waals surface area contributed by atoms with Crippen LogP contribution < -0.4 is 0 Å². The van der Waals surface area contributed by atoms with Crippen LogP contribution in [-0.4, -0.2) is 47.8 Å². The van der Waals surface area contributed by atoms with Gasteiger partial charge >= 0.3 is 5.97 Å². The lowest BCUT2D eigenvalue weighted by molar-refractivity contribution is -0.155. The van der Waals surface area contributed by atoms with Gasteiger partial charge in [0.2, 0.25) is 5.91 Å². The summed E-state index contributed by atoms with van der Waals surface area (Å²) in [5.41, 5.74) is 1.82. The van der Waals surface area contributed by atoms with E-state index in [9.17, 15) is 14.4 Å². The van der Waals surface area contributed by atoms with Crippen LogP contribution in [0.15, 0.2) is 54.6 Å². The predicted octanol–water partition coefficient (Wildman–Crippen LogP) is 2.89. The number of esters is 1. The molecule has 152 valence electrons. The largest absolute Gasteiger partial charge is 0.455 e. The van der Waals surface area contributed by atoms with E-state index in [1.807, 2.05) is 48.5 Å². The van der Waals surface area contributed by atoms with Crippen molar-refractivity contribution in [2.45, 2.75) is 19.5 Å². The van der Waals surface area contributed by atoms with E-state index in [0.29, 0.717) is 18.1 Å². The number of likely N-dealkylation sites (N-methyl/N-ethyl adjacent to an activating group) is 1. The van der Waals surface area contributed by atoms with Crippen molar-refractivity contribution in [2.24, 2.45) is 5.92 Å². The molecule has 6 nitrogen and oxygen atoms in total. The summed E-state index contributed by atoms with van der Waals surface area (Å²) in [7, 11) is 1.66. The standard InChI is InChI=1S/C22H23ClN2O4/c1-24(12-16-7-3-2-4-8-16)21(27)15-29-22(28)18-11-20(26)25(14-18)13-17-9-5-6-10-19(17)23/h2-10,18H,11-15H2,1H3/t18-/m1/s1. The van der Waals surface area contributed by atoms with Crippen molar-refractivity contribution >= 4 is 29.4 Å². The second-order valence-corrected chi connectivity index (χ2v) is 7.52. The van der Waals surface area contributed by atoms with Crippen molar-refractivity contribution in [3.8, 4) is 0 Å². The quantitative estimate of drug-likeness (QED) is 0.653. The molecule has 3 rings (SSSR count). The molecule has 0 unspecified atom stereocenters. The minimum Gasteiger partial charge on any atom is -0.455 e. The minimum atomic E-state index is -0.572. The number of carbonyl (C=O) groups excluding carboxylic acids is 3. The van der Waals surface area contributed by atoms with Gasteiger partial charge in [0, 0.05) is 38.1 Å². The molecule has 0 saturated carbocycles. The molecule has 1 aliphatic rings. The molecule has 29 heavy (non-hydrogen) atoms. The SMILES string of the molecule is CN(Cc1ccccc1)C(=O)COC(=O)[C@@H]1CC(=O)N(Cc2ccccc2Cl)C1. The first-order valence-electron chi connectivity index (χ1n) is 9.39. The number of hydrogen-bond acceptors (Lipinski definition) is 4. The molecule has 0 aromatic heterocycles. The van der Waals surface area contributed by atoms with Gasteiger partial charge in [0.05, 0.1) is 5.92 Å². The van der Waals surface area contributed by atoms with Crippen LogP contribution in [0, 0.1) is 5.92 Å². The Hall–Kier alpha value is -2.86. The Labute approximate surface area is 175 Å². The summed E-state index contributed by atoms with van der Waals surface area (Å²) in [6.45, 7) is 0.708. The maximum absolute atomic E-state index is 12.3. The summed E-state index contributed by atoms with van der Waals surface area (Å²) in [4.78, 5) is 39.9. The Morgan fingerprint density at radius 2 is 1.83 bits per heavy atom. The van der Waals surface area contributed by atoms with Gasteiger partial charge in [0.25, 0.3) is 5.91 Å². The predicted molar refractivity (Wildman–Crippen MR) is 109 cm³/mol. The molecule has 0 N–H and O–H groups in total. The number of carbonyl (C=O) groups is 3. The van der Waals surface area contributed by atoms with Gasteiger partial charge in [-0.15, -0.1) is 0 Å². The molecule has 1 atom stereocenters. The smallest absolute Gasteiger partial charge is 0.311 e. The lowest BCUT2D eigenvalue weighted by Gasteiger charge is -2.18. The van der Waals surface area contributed by atoms with Crippen LogP contribution in [0.5, 0.6) is 0 Å². The van der Waals surface area contributed by atoms with Crippen molar-refractivity contribution < 1.29 is 19.1 Å². The Balaban J connectivity index is 1.47. The summed E-state index contributed by atoms with van der Waals surface area (Å²) >= 11 is 6.15. The fourth-order valence-electron chi connectivity index (χ4n) is 3.22. The second kappa shape index (κ2) is 9.56. The molecule has 0 aliphatic carbocycles. The number of ether oxygens (including phenoxy) is 1. The van der Waals surface area contributed by atoms with E-state index < -0.39 is 11.9 Å². The third kappa shape index (κ3) is 5.57. The lowest BCUT2D eigenvalue weighted by atomic mass is 10.1. The maximum Gasteiger partial charge on any atom is 0.311 e. The highest BCUT2D eigenvalue weighted by Crippen LogP contribution is 2.24. The first-order valence-corrected chi connectivity index (χ1v) is 9.77. The third-order valence-electron chi connectivity index (χ3n) is 4.89. The summed E-state index contributed by atoms with van der Waals surface area (Å²) in [6.07, 6.45) is 0.0807. The Morgan fingerprint density at radius 1 is 1.14 bits per heavy atom. The van der Waals surface area contributed by atoms with Gasteiger partial charge in [-0.25, -0.2) is 0 Å². The van der Waals surface area contributed by atoms with Crippen molar-refractivity contribution in [3.63, 3.8) is 0 Å². The lowest BCUT2D eigenvalue weighted by Crippen LogP contribution is -2.32. The van der Waals surface area contributed by atoms with Gasteiger partial charge < -0.3 is 14.5 Å². The Kier molecular flexibility index (Phi) is 6.88. The second-order valence-electron chi connectivity index (χ2n) is 7.11. The fourth-order valence-corrected chi connectivity index (χ4v) is 3.42. The summed E-state index contributed by atoms with van der Waals surface area (Å²) in [5, 5.41) is 0.582. The molecule has 1 saturated heterocycles. The van der Waals surface area contributed by atoms with Crippen LogP contribution in [0.25, 0.3) is 0 Å². The molecular weight excluding hydrogens is 392 g/mol. The summed E-state index contributed by atoms with van der Waals surface area (Å²) in [6, 6.07) is 16.8. The van der Waals surface area contributed by atoms with Crippen LogP contribution in [0.1, 0.15) is 17.5 Å². The van der Waals surface area contributed by atoms with Crippen LogP contribution in [-0.2, 0) is 32.2 Å². The third-order valence-corrected chi connectivity index (χ3v) is 5.26. The van der Waals surface area contributed by atoms with Gasteiger partial charge in [0.15, 0.2) is 6.61 Å². The number of likely N-dealkylation sites (tertiary alicyclic amines) is 1. The molecule has 0 bridgehead atoms. The van der Waals surface area contributed by atoms with Crippen LogP contribution in [0.2, 0.25) is 5.02 Å². The molecule has 1 fully saturated rings. The number of halogens is 1. The van der Waals surface area contributed by atoms with Gasteiger partial charge in [-0.05, 0) is 17.2 Å². The Bertz CT molecular complexity index is 887. The van der Waals surface area contributed by atoms with Crippen molar-refractivity contribution in [1.29, 1.82) is 0 Å². The molecule has 2 amide bonds. The van der Waals surface area contributed by atoms with E-state index in [1.54, 1.807) is 18.0 Å². The van der Waals surface area contributed by atoms with Crippen molar-refractivity contribution in [1.82, 2.24) is 9.80 Å². The van der Waals surface area contributed by atoms with E-state index in [0.717, 1.165) is 11.1 Å². The minimum absolute atomic E-state index is 0.0807. The first-order chi connectivity index (χ1) is 13.9. The highest BCUT2D eigenvalue weighted by molar-refractivity contribution is 6.31.